The lowest BCUT2D eigenvalue weighted by molar-refractivity contribution is 0.110. The predicted octanol–water partition coefficient (Wildman–Crippen LogP) is 6.02. The molecule has 2 aliphatic rings. The number of hydrogen-bond acceptors (Lipinski definition) is 4. The molecule has 0 aliphatic carbocycles. The van der Waals surface area contributed by atoms with Crippen LogP contribution in [0.15, 0.2) is 60.7 Å². The Balaban J connectivity index is 1.25. The molecule has 1 atom stereocenters. The smallest absolute Gasteiger partial charge is 0.413 e. The Morgan fingerprint density at radius 1 is 1.05 bits per heavy atom. The van der Waals surface area contributed by atoms with Gasteiger partial charge in [-0.05, 0) is 72.4 Å². The number of carboxylic acid groups (broad SMARTS) is 1. The number of carbonyl (C=O) groups excluding carboxylic acids is 1. The Hall–Kier alpha value is -4.60. The van der Waals surface area contributed by atoms with E-state index < -0.39 is 6.09 Å². The Morgan fingerprint density at radius 3 is 2.62 bits per heavy atom. The normalized spacial score (nSPS) is 17.2. The van der Waals surface area contributed by atoms with Crippen LogP contribution in [-0.2, 0) is 6.54 Å². The van der Waals surface area contributed by atoms with Crippen molar-refractivity contribution in [3.05, 3.63) is 77.6 Å². The average molecular weight is 544 g/mol. The summed E-state index contributed by atoms with van der Waals surface area (Å²) in [6.45, 7) is 1.94. The highest BCUT2D eigenvalue weighted by atomic mass is 19.1. The molecule has 3 aromatic carbocycles. The number of fused-ring (bicyclic) bond motifs is 2. The fourth-order valence-electron chi connectivity index (χ4n) is 5.54. The number of likely N-dealkylation sites (tertiary alicyclic amines) is 1. The first-order chi connectivity index (χ1) is 19.4. The number of amides is 3. The molecule has 0 saturated carbocycles. The van der Waals surface area contributed by atoms with Crippen molar-refractivity contribution >= 4 is 29.1 Å². The molecule has 0 radical (unpaired) electrons. The van der Waals surface area contributed by atoms with Crippen molar-refractivity contribution in [2.24, 2.45) is 0 Å². The number of nitrogens with zero attached hydrogens (tertiary/aromatic N) is 4. The van der Waals surface area contributed by atoms with Crippen molar-refractivity contribution in [1.29, 1.82) is 0 Å². The van der Waals surface area contributed by atoms with Gasteiger partial charge in [-0.2, -0.15) is 0 Å². The van der Waals surface area contributed by atoms with E-state index in [1.54, 1.807) is 12.1 Å². The zero-order chi connectivity index (χ0) is 27.8. The van der Waals surface area contributed by atoms with Crippen molar-refractivity contribution in [3.63, 3.8) is 0 Å². The van der Waals surface area contributed by atoms with Crippen LogP contribution in [0.25, 0.3) is 22.2 Å². The number of ether oxygens (including phenoxy) is 1. The van der Waals surface area contributed by atoms with Gasteiger partial charge in [-0.1, -0.05) is 24.3 Å². The second-order valence-corrected chi connectivity index (χ2v) is 10.3. The summed E-state index contributed by atoms with van der Waals surface area (Å²) in [4.78, 5) is 37.4. The van der Waals surface area contributed by atoms with Gasteiger partial charge in [-0.15, -0.1) is 0 Å². The summed E-state index contributed by atoms with van der Waals surface area (Å²) in [5.74, 6) is 0.718. The van der Waals surface area contributed by atoms with E-state index in [9.17, 15) is 19.1 Å². The largest absolute Gasteiger partial charge is 0.491 e. The molecule has 4 aromatic rings. The maximum absolute atomic E-state index is 13.8. The van der Waals surface area contributed by atoms with Crippen LogP contribution in [0.3, 0.4) is 0 Å². The molecule has 0 bridgehead atoms. The summed E-state index contributed by atoms with van der Waals surface area (Å²) >= 11 is 0. The van der Waals surface area contributed by atoms with Gasteiger partial charge in [0.05, 0.1) is 30.2 Å². The monoisotopic (exact) mass is 543 g/mol. The van der Waals surface area contributed by atoms with Gasteiger partial charge < -0.3 is 24.6 Å². The minimum absolute atomic E-state index is 0.0372. The van der Waals surface area contributed by atoms with Crippen LogP contribution in [0.2, 0.25) is 0 Å². The lowest BCUT2D eigenvalue weighted by atomic mass is 9.95. The summed E-state index contributed by atoms with van der Waals surface area (Å²) in [5, 5.41) is 9.26. The van der Waals surface area contributed by atoms with Gasteiger partial charge in [0.15, 0.2) is 0 Å². The van der Waals surface area contributed by atoms with Gasteiger partial charge in [0, 0.05) is 19.2 Å². The molecule has 3 amide bonds. The molecule has 2 aliphatic heterocycles. The van der Waals surface area contributed by atoms with Gasteiger partial charge in [0.1, 0.15) is 18.2 Å². The number of carbonyl (C=O) groups is 2. The molecular weight excluding hydrogens is 513 g/mol. The molecule has 1 fully saturated rings. The second kappa shape index (κ2) is 10.5. The van der Waals surface area contributed by atoms with Crippen LogP contribution in [0.4, 0.5) is 19.9 Å². The van der Waals surface area contributed by atoms with Crippen molar-refractivity contribution in [3.8, 4) is 16.9 Å². The maximum Gasteiger partial charge on any atom is 0.413 e. The zero-order valence-electron chi connectivity index (χ0n) is 22.1. The van der Waals surface area contributed by atoms with Crippen molar-refractivity contribution in [2.75, 3.05) is 31.6 Å². The maximum atomic E-state index is 13.8. The summed E-state index contributed by atoms with van der Waals surface area (Å²) in [6.07, 6.45) is 1.71. The number of aromatic amines is 1. The van der Waals surface area contributed by atoms with Crippen molar-refractivity contribution < 1.29 is 23.8 Å². The quantitative estimate of drug-likeness (QED) is 0.329. The Bertz CT molecular complexity index is 1570. The molecule has 1 aromatic heterocycles. The highest BCUT2D eigenvalue weighted by Gasteiger charge is 2.32. The lowest BCUT2D eigenvalue weighted by Gasteiger charge is -2.39. The summed E-state index contributed by atoms with van der Waals surface area (Å²) in [7, 11) is 1.44. The molecule has 0 spiro atoms. The fourth-order valence-corrected chi connectivity index (χ4v) is 5.54. The molecule has 10 heteroatoms. The first-order valence-corrected chi connectivity index (χ1v) is 13.4. The second-order valence-electron chi connectivity index (χ2n) is 10.3. The Kier molecular flexibility index (Phi) is 6.75. The standard InChI is InChI=1S/C30H30FN5O4/c1-34(30(38)39)28-32-24-11-7-21(17-25(24)33-28)20-8-12-27-22(16-20)18-35(14-15-40-27)29(37)36-13-3-2-4-26(36)19-5-9-23(31)10-6-19/h5-12,16-17,26H,2-4,13-15,18H2,1H3,(H,32,33)(H,38,39). The zero-order valence-corrected chi connectivity index (χ0v) is 22.1. The van der Waals surface area contributed by atoms with Gasteiger partial charge >= 0.3 is 12.1 Å². The number of H-pyrrole nitrogens is 1. The summed E-state index contributed by atoms with van der Waals surface area (Å²) < 4.78 is 19.6. The number of anilines is 1. The van der Waals surface area contributed by atoms with Gasteiger partial charge in [-0.25, -0.2) is 19.0 Å². The van der Waals surface area contributed by atoms with E-state index in [1.807, 2.05) is 46.2 Å². The van der Waals surface area contributed by atoms with Gasteiger partial charge in [0.25, 0.3) is 0 Å². The fraction of sp³-hybridized carbons (Fsp3) is 0.300. The van der Waals surface area contributed by atoms with E-state index in [0.29, 0.717) is 31.8 Å². The topological polar surface area (TPSA) is 102 Å². The number of imidazole rings is 1. The van der Waals surface area contributed by atoms with Crippen molar-refractivity contribution in [1.82, 2.24) is 19.8 Å². The van der Waals surface area contributed by atoms with E-state index in [-0.39, 0.29) is 23.8 Å². The number of hydrogen-bond donors (Lipinski definition) is 2. The number of piperidine rings is 1. The SMILES string of the molecule is CN(C(=O)O)c1nc2ccc(-c3ccc4c(c3)CN(C(=O)N3CCCCC3c3ccc(F)cc3)CCO4)cc2[nH]1. The number of benzene rings is 3. The predicted molar refractivity (Wildman–Crippen MR) is 149 cm³/mol. The van der Waals surface area contributed by atoms with Crippen LogP contribution < -0.4 is 9.64 Å². The molecular formula is C30H30FN5O4. The third kappa shape index (κ3) is 4.92. The third-order valence-electron chi connectivity index (χ3n) is 7.72. The number of halogens is 1. The molecule has 1 saturated heterocycles. The summed E-state index contributed by atoms with van der Waals surface area (Å²) in [5.41, 5.74) is 5.13. The third-order valence-corrected chi connectivity index (χ3v) is 7.72. The molecule has 40 heavy (non-hydrogen) atoms. The lowest BCUT2D eigenvalue weighted by Crippen LogP contribution is -2.47. The Morgan fingerprint density at radius 2 is 1.82 bits per heavy atom. The highest BCUT2D eigenvalue weighted by molar-refractivity contribution is 5.88. The number of rotatable bonds is 3. The minimum Gasteiger partial charge on any atom is -0.491 e. The first-order valence-electron chi connectivity index (χ1n) is 13.4. The van der Waals surface area contributed by atoms with E-state index in [0.717, 1.165) is 57.7 Å². The molecule has 206 valence electrons. The molecule has 2 N–H and O–H groups in total. The van der Waals surface area contributed by atoms with Crippen LogP contribution in [-0.4, -0.2) is 63.7 Å². The van der Waals surface area contributed by atoms with Gasteiger partial charge in [0.2, 0.25) is 5.95 Å². The number of aromatic nitrogens is 2. The first kappa shape index (κ1) is 25.7. The van der Waals surface area contributed by atoms with E-state index in [4.69, 9.17) is 4.74 Å². The van der Waals surface area contributed by atoms with Crippen LogP contribution in [0.1, 0.15) is 36.4 Å². The number of nitrogens with one attached hydrogen (secondary N) is 1. The minimum atomic E-state index is -1.10. The molecule has 1 unspecified atom stereocenters. The van der Waals surface area contributed by atoms with Crippen molar-refractivity contribution in [2.45, 2.75) is 31.8 Å². The molecule has 9 nitrogen and oxygen atoms in total. The van der Waals surface area contributed by atoms with E-state index in [1.165, 1.54) is 19.2 Å². The van der Waals surface area contributed by atoms with Crippen LogP contribution in [0, 0.1) is 5.82 Å². The van der Waals surface area contributed by atoms with Crippen LogP contribution in [0.5, 0.6) is 5.75 Å². The van der Waals surface area contributed by atoms with Gasteiger partial charge in [-0.3, -0.25) is 4.90 Å². The number of urea groups is 1. The Labute approximate surface area is 230 Å². The highest BCUT2D eigenvalue weighted by Crippen LogP contribution is 2.34. The van der Waals surface area contributed by atoms with E-state index >= 15 is 0 Å². The average Bonchev–Trinajstić information content (AvgIpc) is 3.28. The van der Waals surface area contributed by atoms with E-state index in [2.05, 4.69) is 9.97 Å². The van der Waals surface area contributed by atoms with Crippen LogP contribution >= 0.6 is 0 Å². The molecule has 6 rings (SSSR count). The molecule has 3 heterocycles. The summed E-state index contributed by atoms with van der Waals surface area (Å²) in [6, 6.07) is 18.0.